The molecule has 0 unspecified atom stereocenters. The van der Waals surface area contributed by atoms with E-state index in [9.17, 15) is 9.59 Å². The molecule has 0 saturated carbocycles. The third kappa shape index (κ3) is 1.50. The average molecular weight is 424 g/mol. The summed E-state index contributed by atoms with van der Waals surface area (Å²) < 4.78 is 3.37. The van der Waals surface area contributed by atoms with E-state index in [1.165, 1.54) is 22.7 Å². The zero-order chi connectivity index (χ0) is 19.7. The van der Waals surface area contributed by atoms with Gasteiger partial charge in [-0.2, -0.15) is 0 Å². The van der Waals surface area contributed by atoms with Gasteiger partial charge in [-0.05, 0) is 47.2 Å². The van der Waals surface area contributed by atoms with Crippen molar-refractivity contribution in [1.29, 1.82) is 0 Å². The molecule has 140 valence electrons. The molecular formula is C22H8N4O2S2. The van der Waals surface area contributed by atoms with Crippen molar-refractivity contribution in [3.8, 4) is 0 Å². The van der Waals surface area contributed by atoms with Crippen molar-refractivity contribution in [2.75, 3.05) is 0 Å². The lowest BCUT2D eigenvalue weighted by atomic mass is 9.96. The monoisotopic (exact) mass is 424 g/mol. The number of rotatable bonds is 0. The fourth-order valence-electron chi connectivity index (χ4n) is 4.86. The van der Waals surface area contributed by atoms with Gasteiger partial charge in [0, 0.05) is 32.3 Å². The molecule has 0 fully saturated rings. The Morgan fingerprint density at radius 3 is 1.50 bits per heavy atom. The van der Waals surface area contributed by atoms with Crippen molar-refractivity contribution in [3.63, 3.8) is 0 Å². The standard InChI is InChI=1S/C22H8N4O2S2/c27-21-11-3-4-12-16-10(18-24-20-14(6-8-30-20)26(18)22(12)28)2-1-9(15(11)16)17-23-19-13(25(17)21)5-7-29-19/h1-8H. The minimum absolute atomic E-state index is 0.107. The van der Waals surface area contributed by atoms with Crippen LogP contribution in [0.2, 0.25) is 0 Å². The van der Waals surface area contributed by atoms with Crippen LogP contribution in [0.15, 0.2) is 56.7 Å². The van der Waals surface area contributed by atoms with Crippen molar-refractivity contribution in [2.45, 2.75) is 0 Å². The lowest BCUT2D eigenvalue weighted by molar-refractivity contribution is 1.18. The van der Waals surface area contributed by atoms with Gasteiger partial charge >= 0.3 is 0 Å². The number of benzene rings is 2. The van der Waals surface area contributed by atoms with Crippen LogP contribution in [0, 0.1) is 0 Å². The predicted molar refractivity (Wildman–Crippen MR) is 122 cm³/mol. The van der Waals surface area contributed by atoms with E-state index in [1.54, 1.807) is 20.9 Å². The number of pyridine rings is 2. The highest BCUT2D eigenvalue weighted by Crippen LogP contribution is 2.37. The summed E-state index contributed by atoms with van der Waals surface area (Å²) in [6, 6.07) is 11.4. The first-order valence-corrected chi connectivity index (χ1v) is 11.1. The Morgan fingerprint density at radius 2 is 1.03 bits per heavy atom. The lowest BCUT2D eigenvalue weighted by Crippen LogP contribution is -2.16. The number of hydrogen-bond acceptors (Lipinski definition) is 6. The van der Waals surface area contributed by atoms with Gasteiger partial charge in [-0.1, -0.05) is 0 Å². The second kappa shape index (κ2) is 4.75. The minimum Gasteiger partial charge on any atom is -0.268 e. The van der Waals surface area contributed by atoms with E-state index in [0.29, 0.717) is 22.1 Å². The van der Waals surface area contributed by atoms with Crippen LogP contribution in [0.3, 0.4) is 0 Å². The average Bonchev–Trinajstić information content (AvgIpc) is 3.49. The molecule has 0 aliphatic carbocycles. The molecule has 8 heteroatoms. The highest BCUT2D eigenvalue weighted by Gasteiger charge is 2.22. The molecule has 8 aromatic rings. The topological polar surface area (TPSA) is 68.7 Å². The van der Waals surface area contributed by atoms with Crippen LogP contribution < -0.4 is 11.1 Å². The largest absolute Gasteiger partial charge is 0.268 e. The molecule has 0 aliphatic heterocycles. The summed E-state index contributed by atoms with van der Waals surface area (Å²) in [4.78, 5) is 38.0. The summed E-state index contributed by atoms with van der Waals surface area (Å²) in [5.74, 6) is 0. The van der Waals surface area contributed by atoms with Crippen molar-refractivity contribution >= 4 is 87.0 Å². The van der Waals surface area contributed by atoms with Crippen molar-refractivity contribution in [2.24, 2.45) is 0 Å². The minimum atomic E-state index is -0.107. The van der Waals surface area contributed by atoms with Gasteiger partial charge in [0.2, 0.25) is 0 Å². The van der Waals surface area contributed by atoms with Gasteiger partial charge in [-0.25, -0.2) is 9.97 Å². The van der Waals surface area contributed by atoms with Crippen molar-refractivity contribution in [3.05, 3.63) is 67.9 Å². The van der Waals surface area contributed by atoms with Crippen LogP contribution in [-0.2, 0) is 0 Å². The molecule has 0 spiro atoms. The Balaban J connectivity index is 1.76. The normalized spacial score (nSPS) is 12.9. The second-order valence-corrected chi connectivity index (χ2v) is 9.23. The third-order valence-corrected chi connectivity index (χ3v) is 7.67. The van der Waals surface area contributed by atoms with E-state index in [2.05, 4.69) is 0 Å². The molecule has 0 saturated heterocycles. The number of thiophene rings is 2. The molecule has 0 amide bonds. The Kier molecular flexibility index (Phi) is 2.41. The van der Waals surface area contributed by atoms with Gasteiger partial charge in [-0.3, -0.25) is 18.4 Å². The van der Waals surface area contributed by atoms with Gasteiger partial charge in [0.15, 0.2) is 0 Å². The first-order valence-electron chi connectivity index (χ1n) is 9.34. The van der Waals surface area contributed by atoms with Gasteiger partial charge in [-0.15, -0.1) is 22.7 Å². The molecule has 8 rings (SSSR count). The highest BCUT2D eigenvalue weighted by atomic mass is 32.1. The predicted octanol–water partition coefficient (Wildman–Crippen LogP) is 4.47. The van der Waals surface area contributed by atoms with Gasteiger partial charge in [0.05, 0.1) is 11.0 Å². The second-order valence-electron chi connectivity index (χ2n) is 7.45. The third-order valence-electron chi connectivity index (χ3n) is 6.08. The van der Waals surface area contributed by atoms with Gasteiger partial charge in [0.25, 0.3) is 11.1 Å². The van der Waals surface area contributed by atoms with Gasteiger partial charge < -0.3 is 0 Å². The Bertz CT molecular complexity index is 1960. The molecular weight excluding hydrogens is 416 g/mol. The number of imidazole rings is 2. The molecule has 2 aromatic carbocycles. The maximum absolute atomic E-state index is 13.4. The smallest absolute Gasteiger partial charge is 0.264 e. The summed E-state index contributed by atoms with van der Waals surface area (Å²) in [7, 11) is 0. The fraction of sp³-hybridized carbons (Fsp3) is 0. The van der Waals surface area contributed by atoms with Crippen LogP contribution in [0.1, 0.15) is 0 Å². The van der Waals surface area contributed by atoms with Crippen LogP contribution in [-0.4, -0.2) is 18.8 Å². The Labute approximate surface area is 173 Å². The molecule has 0 radical (unpaired) electrons. The van der Waals surface area contributed by atoms with E-state index < -0.39 is 0 Å². The highest BCUT2D eigenvalue weighted by molar-refractivity contribution is 7.17. The van der Waals surface area contributed by atoms with Crippen molar-refractivity contribution in [1.82, 2.24) is 18.8 Å². The SMILES string of the molecule is O=c1c2ccc3c(=O)n4c5ccsc5nc4c4ccc(c2c34)c2nc3sccc3n12. The summed E-state index contributed by atoms with van der Waals surface area (Å²) in [5, 5.41) is 8.43. The molecule has 0 atom stereocenters. The van der Waals surface area contributed by atoms with Crippen LogP contribution in [0.25, 0.3) is 64.3 Å². The molecule has 6 aromatic heterocycles. The maximum Gasteiger partial charge on any atom is 0.264 e. The Hall–Kier alpha value is -3.62. The summed E-state index contributed by atoms with van der Waals surface area (Å²) >= 11 is 3.03. The van der Waals surface area contributed by atoms with Crippen LogP contribution >= 0.6 is 22.7 Å². The van der Waals surface area contributed by atoms with Crippen molar-refractivity contribution < 1.29 is 0 Å². The summed E-state index contributed by atoms with van der Waals surface area (Å²) in [5.41, 5.74) is 2.71. The van der Waals surface area contributed by atoms with E-state index in [1.807, 2.05) is 35.0 Å². The van der Waals surface area contributed by atoms with E-state index in [4.69, 9.17) is 9.97 Å². The maximum atomic E-state index is 13.4. The fourth-order valence-corrected chi connectivity index (χ4v) is 6.35. The molecule has 0 aliphatic rings. The molecule has 30 heavy (non-hydrogen) atoms. The number of hydrogen-bond donors (Lipinski definition) is 0. The zero-order valence-corrected chi connectivity index (χ0v) is 16.7. The van der Waals surface area contributed by atoms with Crippen LogP contribution in [0.5, 0.6) is 0 Å². The zero-order valence-electron chi connectivity index (χ0n) is 15.0. The lowest BCUT2D eigenvalue weighted by Gasteiger charge is -2.11. The van der Waals surface area contributed by atoms with E-state index >= 15 is 0 Å². The van der Waals surface area contributed by atoms with Crippen LogP contribution in [0.4, 0.5) is 0 Å². The quantitative estimate of drug-likeness (QED) is 0.337. The summed E-state index contributed by atoms with van der Waals surface area (Å²) in [6.07, 6.45) is 0. The van der Waals surface area contributed by atoms with E-state index in [-0.39, 0.29) is 11.1 Å². The molecule has 0 N–H and O–H groups in total. The number of aromatic nitrogens is 4. The van der Waals surface area contributed by atoms with E-state index in [0.717, 1.165) is 42.2 Å². The molecule has 6 heterocycles. The Morgan fingerprint density at radius 1 is 0.600 bits per heavy atom. The summed E-state index contributed by atoms with van der Waals surface area (Å²) in [6.45, 7) is 0. The number of nitrogens with zero attached hydrogens (tertiary/aromatic N) is 4. The first-order chi connectivity index (χ1) is 14.7. The molecule has 0 bridgehead atoms. The first kappa shape index (κ1) is 15.3. The molecule has 6 nitrogen and oxygen atoms in total. The van der Waals surface area contributed by atoms with Gasteiger partial charge in [0.1, 0.15) is 21.0 Å². The number of fused-ring (bicyclic) bond motifs is 8.